The van der Waals surface area contributed by atoms with Gasteiger partial charge in [0.15, 0.2) is 5.56 Å². The number of nitro benzene ring substituents is 1. The van der Waals surface area contributed by atoms with Gasteiger partial charge in [-0.15, -0.1) is 0 Å². The first kappa shape index (κ1) is 15.2. The Morgan fingerprint density at radius 3 is 2.71 bits per heavy atom. The van der Waals surface area contributed by atoms with Crippen LogP contribution in [0.25, 0.3) is 0 Å². The lowest BCUT2D eigenvalue weighted by atomic mass is 10.1. The number of nitrogens with zero attached hydrogens (tertiary/aromatic N) is 2. The van der Waals surface area contributed by atoms with Crippen LogP contribution >= 0.6 is 0 Å². The van der Waals surface area contributed by atoms with E-state index in [1.54, 1.807) is 13.0 Å². The summed E-state index contributed by atoms with van der Waals surface area (Å²) in [4.78, 5) is 24.7. The van der Waals surface area contributed by atoms with Crippen molar-refractivity contribution in [1.82, 2.24) is 4.90 Å². The molecule has 1 aromatic carbocycles. The number of carbonyl (C=O) groups is 1. The Balaban J connectivity index is 2.35. The predicted octanol–water partition coefficient (Wildman–Crippen LogP) is 1.59. The van der Waals surface area contributed by atoms with Gasteiger partial charge in [-0.3, -0.25) is 14.9 Å². The van der Waals surface area contributed by atoms with Gasteiger partial charge < -0.3 is 14.7 Å². The van der Waals surface area contributed by atoms with Gasteiger partial charge in [-0.05, 0) is 25.8 Å². The molecule has 0 aliphatic carbocycles. The molecule has 2 rings (SSSR count). The molecule has 0 bridgehead atoms. The minimum absolute atomic E-state index is 0.0132. The number of aliphatic hydroxyl groups is 1. The third kappa shape index (κ3) is 3.30. The van der Waals surface area contributed by atoms with E-state index in [9.17, 15) is 20.0 Å². The predicted molar refractivity (Wildman–Crippen MR) is 75.4 cm³/mol. The van der Waals surface area contributed by atoms with Gasteiger partial charge in [0.2, 0.25) is 0 Å². The summed E-state index contributed by atoms with van der Waals surface area (Å²) in [5.41, 5.74) is -0.266. The van der Waals surface area contributed by atoms with Gasteiger partial charge in [0, 0.05) is 19.2 Å². The molecule has 1 fully saturated rings. The maximum absolute atomic E-state index is 12.6. The molecule has 21 heavy (non-hydrogen) atoms. The molecule has 1 N–H and O–H groups in total. The van der Waals surface area contributed by atoms with Crippen LogP contribution in [0.15, 0.2) is 18.2 Å². The third-order valence-corrected chi connectivity index (χ3v) is 3.47. The molecule has 0 spiro atoms. The highest BCUT2D eigenvalue weighted by atomic mass is 16.6. The molecule has 1 saturated heterocycles. The van der Waals surface area contributed by atoms with Gasteiger partial charge in [-0.1, -0.05) is 6.07 Å². The average molecular weight is 294 g/mol. The Bertz CT molecular complexity index is 538. The van der Waals surface area contributed by atoms with E-state index in [4.69, 9.17) is 4.74 Å². The van der Waals surface area contributed by atoms with Crippen molar-refractivity contribution in [3.8, 4) is 5.75 Å². The van der Waals surface area contributed by atoms with Crippen LogP contribution in [0.2, 0.25) is 0 Å². The fourth-order valence-corrected chi connectivity index (χ4v) is 2.39. The molecule has 1 aliphatic rings. The smallest absolute Gasteiger partial charge is 0.285 e. The number of hydrogen-bond acceptors (Lipinski definition) is 5. The Kier molecular flexibility index (Phi) is 4.74. The fraction of sp³-hybridized carbons (Fsp3) is 0.500. The molecule has 0 unspecified atom stereocenters. The van der Waals surface area contributed by atoms with E-state index < -0.39 is 16.9 Å². The molecule has 0 aromatic heterocycles. The van der Waals surface area contributed by atoms with Crippen LogP contribution in [0.5, 0.6) is 5.75 Å². The normalized spacial score (nSPS) is 15.8. The number of piperidine rings is 1. The molecular formula is C14H18N2O5. The van der Waals surface area contributed by atoms with Crippen molar-refractivity contribution >= 4 is 11.6 Å². The number of benzene rings is 1. The second-order valence-corrected chi connectivity index (χ2v) is 4.86. The van der Waals surface area contributed by atoms with E-state index in [1.165, 1.54) is 17.0 Å². The summed E-state index contributed by atoms with van der Waals surface area (Å²) in [6, 6.07) is 4.36. The van der Waals surface area contributed by atoms with E-state index in [0.29, 0.717) is 32.5 Å². The van der Waals surface area contributed by atoms with Crippen molar-refractivity contribution in [1.29, 1.82) is 0 Å². The summed E-state index contributed by atoms with van der Waals surface area (Å²) in [5, 5.41) is 20.6. The number of likely N-dealkylation sites (tertiary alicyclic amines) is 1. The highest BCUT2D eigenvalue weighted by molar-refractivity contribution is 6.01. The van der Waals surface area contributed by atoms with Crippen LogP contribution < -0.4 is 4.74 Å². The van der Waals surface area contributed by atoms with Gasteiger partial charge in [0.25, 0.3) is 11.6 Å². The van der Waals surface area contributed by atoms with Crippen molar-refractivity contribution in [3.05, 3.63) is 33.9 Å². The monoisotopic (exact) mass is 294 g/mol. The highest BCUT2D eigenvalue weighted by Crippen LogP contribution is 2.30. The van der Waals surface area contributed by atoms with Crippen LogP contribution in [0.3, 0.4) is 0 Å². The first-order valence-corrected chi connectivity index (χ1v) is 6.92. The van der Waals surface area contributed by atoms with Crippen LogP contribution in [-0.2, 0) is 0 Å². The molecule has 114 valence electrons. The molecule has 1 amide bonds. The molecule has 1 aromatic rings. The van der Waals surface area contributed by atoms with E-state index in [2.05, 4.69) is 0 Å². The van der Waals surface area contributed by atoms with Crippen LogP contribution in [0, 0.1) is 10.1 Å². The van der Waals surface area contributed by atoms with Crippen molar-refractivity contribution in [2.24, 2.45) is 0 Å². The molecular weight excluding hydrogens is 276 g/mol. The second kappa shape index (κ2) is 6.53. The number of rotatable bonds is 4. The lowest BCUT2D eigenvalue weighted by Crippen LogP contribution is -2.40. The van der Waals surface area contributed by atoms with Crippen LogP contribution in [0.1, 0.15) is 30.1 Å². The topological polar surface area (TPSA) is 92.9 Å². The first-order valence-electron chi connectivity index (χ1n) is 6.92. The number of carbonyl (C=O) groups excluding carboxylic acids is 1. The largest absolute Gasteiger partial charge is 0.493 e. The third-order valence-electron chi connectivity index (χ3n) is 3.47. The van der Waals surface area contributed by atoms with E-state index in [0.717, 1.165) is 0 Å². The van der Waals surface area contributed by atoms with Gasteiger partial charge >= 0.3 is 0 Å². The fourth-order valence-electron chi connectivity index (χ4n) is 2.39. The summed E-state index contributed by atoms with van der Waals surface area (Å²) in [7, 11) is 0. The number of nitro groups is 1. The van der Waals surface area contributed by atoms with Gasteiger partial charge in [0.1, 0.15) is 5.75 Å². The minimum Gasteiger partial charge on any atom is -0.493 e. The lowest BCUT2D eigenvalue weighted by molar-refractivity contribution is -0.385. The van der Waals surface area contributed by atoms with Crippen LogP contribution in [-0.4, -0.2) is 46.6 Å². The maximum Gasteiger partial charge on any atom is 0.285 e. The lowest BCUT2D eigenvalue weighted by Gasteiger charge is -2.29. The molecule has 0 saturated carbocycles. The summed E-state index contributed by atoms with van der Waals surface area (Å²) in [6.07, 6.45) is 0.554. The average Bonchev–Trinajstić information content (AvgIpc) is 2.47. The summed E-state index contributed by atoms with van der Waals surface area (Å²) in [5.74, 6) is -0.194. The SMILES string of the molecule is CCOc1cccc([N+](=O)[O-])c1C(=O)N1CCC(O)CC1. The van der Waals surface area contributed by atoms with Gasteiger partial charge in [-0.25, -0.2) is 0 Å². The number of aliphatic hydroxyl groups excluding tert-OH is 1. The molecule has 0 atom stereocenters. The van der Waals surface area contributed by atoms with E-state index in [-0.39, 0.29) is 17.0 Å². The Morgan fingerprint density at radius 2 is 2.14 bits per heavy atom. The standard InChI is InChI=1S/C14H18N2O5/c1-2-21-12-5-3-4-11(16(19)20)13(12)14(18)15-8-6-10(17)7-9-15/h3-5,10,17H,2,6-9H2,1H3. The number of hydrogen-bond donors (Lipinski definition) is 1. The Hall–Kier alpha value is -2.15. The number of amides is 1. The molecule has 7 heteroatoms. The summed E-state index contributed by atoms with van der Waals surface area (Å²) >= 11 is 0. The van der Waals surface area contributed by atoms with E-state index >= 15 is 0 Å². The number of ether oxygens (including phenoxy) is 1. The second-order valence-electron chi connectivity index (χ2n) is 4.86. The molecule has 7 nitrogen and oxygen atoms in total. The Morgan fingerprint density at radius 1 is 1.48 bits per heavy atom. The van der Waals surface area contributed by atoms with Crippen molar-refractivity contribution in [2.45, 2.75) is 25.9 Å². The summed E-state index contributed by atoms with van der Waals surface area (Å²) in [6.45, 7) is 2.85. The van der Waals surface area contributed by atoms with Gasteiger partial charge in [0.05, 0.1) is 17.6 Å². The van der Waals surface area contributed by atoms with Crippen molar-refractivity contribution in [3.63, 3.8) is 0 Å². The zero-order valence-corrected chi connectivity index (χ0v) is 11.8. The molecule has 0 radical (unpaired) electrons. The van der Waals surface area contributed by atoms with Crippen molar-refractivity contribution < 1.29 is 19.6 Å². The Labute approximate surface area is 122 Å². The molecule has 1 heterocycles. The quantitative estimate of drug-likeness (QED) is 0.672. The van der Waals surface area contributed by atoms with Gasteiger partial charge in [-0.2, -0.15) is 0 Å². The zero-order chi connectivity index (χ0) is 15.4. The van der Waals surface area contributed by atoms with Crippen molar-refractivity contribution in [2.75, 3.05) is 19.7 Å². The molecule has 1 aliphatic heterocycles. The minimum atomic E-state index is -0.575. The summed E-state index contributed by atoms with van der Waals surface area (Å²) < 4.78 is 5.36. The highest BCUT2D eigenvalue weighted by Gasteiger charge is 2.30. The van der Waals surface area contributed by atoms with Crippen LogP contribution in [0.4, 0.5) is 5.69 Å². The van der Waals surface area contributed by atoms with E-state index in [1.807, 2.05) is 0 Å². The first-order chi connectivity index (χ1) is 10.0. The zero-order valence-electron chi connectivity index (χ0n) is 11.8. The maximum atomic E-state index is 12.6.